The van der Waals surface area contributed by atoms with E-state index in [1.807, 2.05) is 6.07 Å². The summed E-state index contributed by atoms with van der Waals surface area (Å²) >= 11 is 11.8. The number of hydrogen-bond acceptors (Lipinski definition) is 2. The van der Waals surface area contributed by atoms with Crippen molar-refractivity contribution in [3.8, 4) is 6.07 Å². The lowest BCUT2D eigenvalue weighted by Crippen LogP contribution is -2.26. The standard InChI is InChI=1S/C13H13Cl2NO/c1-13(2,3)12(17)10(7-16)9-5-4-8(14)6-11(9)15/h4-6,10H,1-3H3. The molecule has 0 heterocycles. The van der Waals surface area contributed by atoms with E-state index < -0.39 is 11.3 Å². The molecule has 0 aliphatic carbocycles. The Hall–Kier alpha value is -1.04. The summed E-state index contributed by atoms with van der Waals surface area (Å²) in [4.78, 5) is 12.1. The Morgan fingerprint density at radius 2 is 1.94 bits per heavy atom. The molecule has 0 aliphatic rings. The summed E-state index contributed by atoms with van der Waals surface area (Å²) in [5, 5.41) is 9.98. The van der Waals surface area contributed by atoms with E-state index >= 15 is 0 Å². The number of carbonyl (C=O) groups is 1. The molecule has 1 unspecified atom stereocenters. The first-order valence-corrected chi connectivity index (χ1v) is 5.92. The number of nitriles is 1. The summed E-state index contributed by atoms with van der Waals surface area (Å²) in [7, 11) is 0. The number of halogens is 2. The van der Waals surface area contributed by atoms with Crippen LogP contribution in [0, 0.1) is 16.7 Å². The first-order chi connectivity index (χ1) is 7.77. The van der Waals surface area contributed by atoms with Crippen molar-refractivity contribution in [3.63, 3.8) is 0 Å². The van der Waals surface area contributed by atoms with E-state index in [-0.39, 0.29) is 5.78 Å². The highest BCUT2D eigenvalue weighted by Crippen LogP contribution is 2.32. The second kappa shape index (κ2) is 5.08. The maximum Gasteiger partial charge on any atom is 0.159 e. The third-order valence-corrected chi connectivity index (χ3v) is 2.97. The van der Waals surface area contributed by atoms with Crippen LogP contribution >= 0.6 is 23.2 Å². The highest BCUT2D eigenvalue weighted by atomic mass is 35.5. The van der Waals surface area contributed by atoms with Gasteiger partial charge in [0, 0.05) is 15.5 Å². The average molecular weight is 270 g/mol. The Kier molecular flexibility index (Phi) is 4.19. The van der Waals surface area contributed by atoms with Crippen molar-refractivity contribution in [3.05, 3.63) is 33.8 Å². The summed E-state index contributed by atoms with van der Waals surface area (Å²) in [5.74, 6) is -0.996. The van der Waals surface area contributed by atoms with E-state index in [1.54, 1.807) is 39.0 Å². The molecule has 1 atom stereocenters. The number of ketones is 1. The van der Waals surface area contributed by atoms with Crippen LogP contribution in [-0.2, 0) is 4.79 Å². The molecule has 0 bridgehead atoms. The first-order valence-electron chi connectivity index (χ1n) is 5.16. The van der Waals surface area contributed by atoms with Crippen LogP contribution in [0.25, 0.3) is 0 Å². The maximum atomic E-state index is 12.1. The third kappa shape index (κ3) is 3.21. The number of hydrogen-bond donors (Lipinski definition) is 0. The SMILES string of the molecule is CC(C)(C)C(=O)C(C#N)c1ccc(Cl)cc1Cl. The van der Waals surface area contributed by atoms with Gasteiger partial charge in [-0.3, -0.25) is 4.79 Å². The molecule has 1 rings (SSSR count). The predicted molar refractivity (Wildman–Crippen MR) is 69.3 cm³/mol. The van der Waals surface area contributed by atoms with E-state index in [4.69, 9.17) is 28.5 Å². The van der Waals surface area contributed by atoms with Crippen LogP contribution in [0.5, 0.6) is 0 Å². The molecule has 2 nitrogen and oxygen atoms in total. The van der Waals surface area contributed by atoms with E-state index in [0.29, 0.717) is 15.6 Å². The highest BCUT2D eigenvalue weighted by Gasteiger charge is 2.31. The smallest absolute Gasteiger partial charge is 0.159 e. The van der Waals surface area contributed by atoms with Gasteiger partial charge < -0.3 is 0 Å². The van der Waals surface area contributed by atoms with Crippen LogP contribution in [0.3, 0.4) is 0 Å². The Morgan fingerprint density at radius 1 is 1.35 bits per heavy atom. The number of nitrogens with zero attached hydrogens (tertiary/aromatic N) is 1. The predicted octanol–water partition coefficient (Wildman–Crippen LogP) is 4.22. The minimum absolute atomic E-state index is 0.149. The minimum Gasteiger partial charge on any atom is -0.297 e. The minimum atomic E-state index is -0.847. The van der Waals surface area contributed by atoms with Gasteiger partial charge in [-0.1, -0.05) is 50.0 Å². The Bertz CT molecular complexity index is 483. The van der Waals surface area contributed by atoms with Crippen molar-refractivity contribution >= 4 is 29.0 Å². The third-order valence-electron chi connectivity index (χ3n) is 2.40. The summed E-state index contributed by atoms with van der Waals surface area (Å²) in [5.41, 5.74) is -0.0675. The van der Waals surface area contributed by atoms with Gasteiger partial charge in [-0.2, -0.15) is 5.26 Å². The van der Waals surface area contributed by atoms with Crippen LogP contribution in [0.1, 0.15) is 32.3 Å². The number of benzene rings is 1. The van der Waals surface area contributed by atoms with E-state index in [2.05, 4.69) is 0 Å². The van der Waals surface area contributed by atoms with E-state index in [9.17, 15) is 4.79 Å². The van der Waals surface area contributed by atoms with Crippen LogP contribution in [0.15, 0.2) is 18.2 Å². The van der Waals surface area contributed by atoms with Crippen molar-refractivity contribution in [1.82, 2.24) is 0 Å². The molecule has 0 spiro atoms. The summed E-state index contributed by atoms with van der Waals surface area (Å²) in [6.45, 7) is 5.34. The quantitative estimate of drug-likeness (QED) is 0.807. The van der Waals surface area contributed by atoms with Gasteiger partial charge in [-0.15, -0.1) is 0 Å². The fourth-order valence-corrected chi connectivity index (χ4v) is 1.96. The van der Waals surface area contributed by atoms with Crippen molar-refractivity contribution in [2.75, 3.05) is 0 Å². The summed E-state index contributed by atoms with van der Waals surface area (Å²) in [6, 6.07) is 6.80. The first kappa shape index (κ1) is 14.0. The van der Waals surface area contributed by atoms with Gasteiger partial charge in [0.2, 0.25) is 0 Å². The number of rotatable bonds is 2. The molecule has 1 aromatic carbocycles. The summed E-state index contributed by atoms with van der Waals surface area (Å²) < 4.78 is 0. The zero-order valence-corrected chi connectivity index (χ0v) is 11.4. The van der Waals surface area contributed by atoms with Crippen molar-refractivity contribution in [2.24, 2.45) is 5.41 Å². The second-order valence-corrected chi connectivity index (χ2v) is 5.69. The molecule has 0 aromatic heterocycles. The maximum absolute atomic E-state index is 12.1. The zero-order chi connectivity index (χ0) is 13.2. The van der Waals surface area contributed by atoms with Gasteiger partial charge in [-0.05, 0) is 17.7 Å². The fraction of sp³-hybridized carbons (Fsp3) is 0.385. The molecule has 90 valence electrons. The van der Waals surface area contributed by atoms with Crippen molar-refractivity contribution < 1.29 is 4.79 Å². The molecular weight excluding hydrogens is 257 g/mol. The average Bonchev–Trinajstić information content (AvgIpc) is 2.20. The molecule has 4 heteroatoms. The molecule has 0 amide bonds. The Morgan fingerprint density at radius 3 is 2.35 bits per heavy atom. The molecule has 0 N–H and O–H groups in total. The lowest BCUT2D eigenvalue weighted by molar-refractivity contribution is -0.126. The van der Waals surface area contributed by atoms with Crippen LogP contribution in [0.4, 0.5) is 0 Å². The van der Waals surface area contributed by atoms with Gasteiger partial charge in [0.1, 0.15) is 5.92 Å². The Labute approximate surface area is 111 Å². The number of carbonyl (C=O) groups excluding carboxylic acids is 1. The summed E-state index contributed by atoms with van der Waals surface area (Å²) in [6.07, 6.45) is 0. The van der Waals surface area contributed by atoms with Crippen molar-refractivity contribution in [2.45, 2.75) is 26.7 Å². The molecule has 0 saturated heterocycles. The lowest BCUT2D eigenvalue weighted by Gasteiger charge is -2.21. The molecule has 0 fully saturated rings. The van der Waals surface area contributed by atoms with Gasteiger partial charge in [0.25, 0.3) is 0 Å². The molecule has 1 aromatic rings. The normalized spacial score (nSPS) is 12.9. The molecule has 0 radical (unpaired) electrons. The molecule has 0 saturated carbocycles. The largest absolute Gasteiger partial charge is 0.297 e. The van der Waals surface area contributed by atoms with E-state index in [1.165, 1.54) is 0 Å². The van der Waals surface area contributed by atoms with Gasteiger partial charge >= 0.3 is 0 Å². The van der Waals surface area contributed by atoms with E-state index in [0.717, 1.165) is 0 Å². The van der Waals surface area contributed by atoms with Crippen LogP contribution in [0.2, 0.25) is 10.0 Å². The fourth-order valence-electron chi connectivity index (χ4n) is 1.44. The van der Waals surface area contributed by atoms with Crippen molar-refractivity contribution in [1.29, 1.82) is 5.26 Å². The molecule has 17 heavy (non-hydrogen) atoms. The van der Waals surface area contributed by atoms with Crippen LogP contribution in [-0.4, -0.2) is 5.78 Å². The van der Waals surface area contributed by atoms with Gasteiger partial charge in [-0.25, -0.2) is 0 Å². The molecular formula is C13H13Cl2NO. The highest BCUT2D eigenvalue weighted by molar-refractivity contribution is 6.35. The lowest BCUT2D eigenvalue weighted by atomic mass is 9.80. The zero-order valence-electron chi connectivity index (χ0n) is 9.92. The van der Waals surface area contributed by atoms with Crippen LogP contribution < -0.4 is 0 Å². The van der Waals surface area contributed by atoms with Gasteiger partial charge in [0.05, 0.1) is 6.07 Å². The number of Topliss-reactive ketones (excluding diaryl/α,β-unsaturated/α-hetero) is 1. The Balaban J connectivity index is 3.21. The van der Waals surface area contributed by atoms with Gasteiger partial charge in [0.15, 0.2) is 5.78 Å². The second-order valence-electron chi connectivity index (χ2n) is 4.84. The monoisotopic (exact) mass is 269 g/mol. The topological polar surface area (TPSA) is 40.9 Å². The molecule has 0 aliphatic heterocycles.